The van der Waals surface area contributed by atoms with E-state index < -0.39 is 0 Å². The average Bonchev–Trinajstić information content (AvgIpc) is 3.09. The van der Waals surface area contributed by atoms with E-state index in [0.29, 0.717) is 12.5 Å². The Morgan fingerprint density at radius 2 is 2.30 bits per heavy atom. The fourth-order valence-electron chi connectivity index (χ4n) is 2.16. The van der Waals surface area contributed by atoms with Crippen LogP contribution in [0.4, 0.5) is 0 Å². The van der Waals surface area contributed by atoms with Crippen molar-refractivity contribution in [1.82, 2.24) is 0 Å². The van der Waals surface area contributed by atoms with Gasteiger partial charge in [-0.1, -0.05) is 30.8 Å². The maximum absolute atomic E-state index is 5.83. The highest BCUT2D eigenvalue weighted by atomic mass is 32.2. The first-order valence-corrected chi connectivity index (χ1v) is 8.59. The molecular weight excluding hydrogens is 288 g/mol. The van der Waals surface area contributed by atoms with Gasteiger partial charge in [0.1, 0.15) is 17.8 Å². The highest BCUT2D eigenvalue weighted by Crippen LogP contribution is 2.34. The van der Waals surface area contributed by atoms with Gasteiger partial charge in [0.15, 0.2) is 0 Å². The number of rotatable bonds is 5. The van der Waals surface area contributed by atoms with E-state index in [1.165, 1.54) is 9.77 Å². The number of thiophene rings is 1. The third-order valence-electron chi connectivity index (χ3n) is 3.20. The summed E-state index contributed by atoms with van der Waals surface area (Å²) in [5, 5.41) is 2.07. The van der Waals surface area contributed by atoms with E-state index in [-0.39, 0.29) is 5.44 Å². The zero-order valence-corrected chi connectivity index (χ0v) is 13.1. The molecule has 1 saturated heterocycles. The fourth-order valence-corrected chi connectivity index (χ4v) is 3.99. The van der Waals surface area contributed by atoms with Crippen LogP contribution in [-0.2, 0) is 11.3 Å². The summed E-state index contributed by atoms with van der Waals surface area (Å²) in [6, 6.07) is 12.4. The number of hydrogen-bond acceptors (Lipinski definition) is 4. The molecule has 0 saturated carbocycles. The average molecular weight is 306 g/mol. The maximum atomic E-state index is 5.83. The smallest absolute Gasteiger partial charge is 0.122 e. The minimum Gasteiger partial charge on any atom is -0.488 e. The molecule has 0 aliphatic carbocycles. The molecule has 2 atom stereocenters. The zero-order chi connectivity index (χ0) is 13.8. The number of benzene rings is 1. The van der Waals surface area contributed by atoms with Gasteiger partial charge < -0.3 is 9.47 Å². The highest BCUT2D eigenvalue weighted by Gasteiger charge is 2.22. The van der Waals surface area contributed by atoms with Gasteiger partial charge in [-0.25, -0.2) is 0 Å². The summed E-state index contributed by atoms with van der Waals surface area (Å²) >= 11 is 3.52. The molecule has 1 aromatic carbocycles. The first-order chi connectivity index (χ1) is 9.79. The lowest BCUT2D eigenvalue weighted by molar-refractivity contribution is 0.166. The van der Waals surface area contributed by atoms with Crippen molar-refractivity contribution in [1.29, 1.82) is 0 Å². The van der Waals surface area contributed by atoms with Gasteiger partial charge in [-0.2, -0.15) is 0 Å². The lowest BCUT2D eigenvalue weighted by Crippen LogP contribution is -1.98. The summed E-state index contributed by atoms with van der Waals surface area (Å²) in [6.07, 6.45) is 1.13. The molecule has 106 valence electrons. The second-order valence-electron chi connectivity index (χ2n) is 5.06. The van der Waals surface area contributed by atoms with E-state index in [0.717, 1.165) is 18.8 Å². The molecule has 0 spiro atoms. The molecular formula is C16H18O2S2. The first-order valence-electron chi connectivity index (χ1n) is 6.83. The van der Waals surface area contributed by atoms with Crippen molar-refractivity contribution < 1.29 is 9.47 Å². The molecule has 0 amide bonds. The van der Waals surface area contributed by atoms with Crippen molar-refractivity contribution in [2.75, 3.05) is 6.61 Å². The predicted octanol–water partition coefficient (Wildman–Crippen LogP) is 4.80. The Labute approximate surface area is 128 Å². The van der Waals surface area contributed by atoms with Gasteiger partial charge in [-0.3, -0.25) is 0 Å². The standard InChI is InChI=1S/C16H18O2S2/c1-12-8-16(18-10-12)20-14-5-2-4-13(9-14)17-11-15-6-3-7-19-15/h2-7,9,12,16H,8,10-11H2,1H3/t12-,16?/m1/s1. The topological polar surface area (TPSA) is 18.5 Å². The van der Waals surface area contributed by atoms with Gasteiger partial charge in [0.2, 0.25) is 0 Å². The Morgan fingerprint density at radius 1 is 1.35 bits per heavy atom. The maximum Gasteiger partial charge on any atom is 0.122 e. The predicted molar refractivity (Wildman–Crippen MR) is 84.5 cm³/mol. The van der Waals surface area contributed by atoms with E-state index in [1.807, 2.05) is 18.2 Å². The largest absolute Gasteiger partial charge is 0.488 e. The summed E-state index contributed by atoms with van der Waals surface area (Å²) in [5.74, 6) is 1.60. The third-order valence-corrected chi connectivity index (χ3v) is 5.16. The normalized spacial score (nSPS) is 22.1. The summed E-state index contributed by atoms with van der Waals surface area (Å²) in [6.45, 7) is 3.76. The summed E-state index contributed by atoms with van der Waals surface area (Å²) in [5.41, 5.74) is 0.289. The van der Waals surface area contributed by atoms with Crippen molar-refractivity contribution >= 4 is 23.1 Å². The lowest BCUT2D eigenvalue weighted by Gasteiger charge is -2.10. The molecule has 1 aliphatic heterocycles. The van der Waals surface area contributed by atoms with E-state index in [2.05, 4.69) is 30.5 Å². The molecule has 0 N–H and O–H groups in total. The summed E-state index contributed by atoms with van der Waals surface area (Å²) in [7, 11) is 0. The van der Waals surface area contributed by atoms with Gasteiger partial charge >= 0.3 is 0 Å². The first kappa shape index (κ1) is 14.0. The van der Waals surface area contributed by atoms with Crippen LogP contribution in [0.5, 0.6) is 5.75 Å². The molecule has 20 heavy (non-hydrogen) atoms. The Morgan fingerprint density at radius 3 is 3.05 bits per heavy atom. The van der Waals surface area contributed by atoms with Crippen LogP contribution in [0.1, 0.15) is 18.2 Å². The second-order valence-corrected chi connectivity index (χ2v) is 7.33. The third kappa shape index (κ3) is 3.78. The van der Waals surface area contributed by atoms with Gasteiger partial charge in [-0.15, -0.1) is 11.3 Å². The van der Waals surface area contributed by atoms with Crippen LogP contribution in [0.2, 0.25) is 0 Å². The molecule has 1 aromatic heterocycles. The molecule has 2 nitrogen and oxygen atoms in total. The molecule has 4 heteroatoms. The molecule has 2 heterocycles. The Bertz CT molecular complexity index is 539. The van der Waals surface area contributed by atoms with E-state index >= 15 is 0 Å². The monoisotopic (exact) mass is 306 g/mol. The number of ether oxygens (including phenoxy) is 2. The van der Waals surface area contributed by atoms with Crippen LogP contribution < -0.4 is 4.74 Å². The molecule has 1 fully saturated rings. The van der Waals surface area contributed by atoms with E-state index in [4.69, 9.17) is 9.47 Å². The van der Waals surface area contributed by atoms with Gasteiger partial charge in [0.25, 0.3) is 0 Å². The Hall–Kier alpha value is -0.970. The van der Waals surface area contributed by atoms with Crippen LogP contribution >= 0.6 is 23.1 Å². The van der Waals surface area contributed by atoms with Crippen LogP contribution in [-0.4, -0.2) is 12.0 Å². The highest BCUT2D eigenvalue weighted by molar-refractivity contribution is 7.99. The fraction of sp³-hybridized carbons (Fsp3) is 0.375. The SMILES string of the molecule is C[C@H]1COC(Sc2cccc(OCc3cccs3)c2)C1. The lowest BCUT2D eigenvalue weighted by atomic mass is 10.2. The quantitative estimate of drug-likeness (QED) is 0.790. The summed E-state index contributed by atoms with van der Waals surface area (Å²) in [4.78, 5) is 2.46. The molecule has 1 aliphatic rings. The molecule has 0 bridgehead atoms. The van der Waals surface area contributed by atoms with E-state index in [1.54, 1.807) is 23.1 Å². The number of thioether (sulfide) groups is 1. The van der Waals surface area contributed by atoms with Crippen LogP contribution in [0, 0.1) is 5.92 Å². The van der Waals surface area contributed by atoms with Crippen LogP contribution in [0.25, 0.3) is 0 Å². The van der Waals surface area contributed by atoms with E-state index in [9.17, 15) is 0 Å². The molecule has 0 radical (unpaired) electrons. The zero-order valence-electron chi connectivity index (χ0n) is 11.5. The molecule has 2 aromatic rings. The molecule has 1 unspecified atom stereocenters. The van der Waals surface area contributed by atoms with Crippen molar-refractivity contribution in [3.05, 3.63) is 46.7 Å². The Balaban J connectivity index is 1.58. The molecule has 3 rings (SSSR count). The second kappa shape index (κ2) is 6.66. The minimum atomic E-state index is 0.289. The minimum absolute atomic E-state index is 0.289. The summed E-state index contributed by atoms with van der Waals surface area (Å²) < 4.78 is 11.6. The van der Waals surface area contributed by atoms with Gasteiger partial charge in [0, 0.05) is 9.77 Å². The van der Waals surface area contributed by atoms with Crippen molar-refractivity contribution in [3.63, 3.8) is 0 Å². The number of hydrogen-bond donors (Lipinski definition) is 0. The Kier molecular flexibility index (Phi) is 4.65. The van der Waals surface area contributed by atoms with Crippen LogP contribution in [0.3, 0.4) is 0 Å². The van der Waals surface area contributed by atoms with Crippen molar-refractivity contribution in [3.8, 4) is 5.75 Å². The van der Waals surface area contributed by atoms with Gasteiger partial charge in [0.05, 0.1) is 6.61 Å². The van der Waals surface area contributed by atoms with Crippen LogP contribution in [0.15, 0.2) is 46.7 Å². The van der Waals surface area contributed by atoms with Gasteiger partial charge in [-0.05, 0) is 42.0 Å². The van der Waals surface area contributed by atoms with Crippen molar-refractivity contribution in [2.24, 2.45) is 5.92 Å². The van der Waals surface area contributed by atoms with Crippen molar-refractivity contribution in [2.45, 2.75) is 30.3 Å².